The van der Waals surface area contributed by atoms with Gasteiger partial charge < -0.3 is 10.2 Å². The number of likely N-dealkylation sites (tertiary alicyclic amines) is 1. The van der Waals surface area contributed by atoms with Gasteiger partial charge in [0, 0.05) is 37.3 Å². The molecule has 1 rings (SSSR count). The Morgan fingerprint density at radius 3 is 2.50 bits per heavy atom. The molecule has 0 aliphatic carbocycles. The number of hydrogen-bond acceptors (Lipinski definition) is 2. The molecule has 0 aromatic heterocycles. The molecular weight excluding hydrogens is 272 g/mol. The lowest BCUT2D eigenvalue weighted by molar-refractivity contribution is -0.131. The van der Waals surface area contributed by atoms with Gasteiger partial charge in [0.2, 0.25) is 11.8 Å². The van der Waals surface area contributed by atoms with Crippen LogP contribution in [0.25, 0.3) is 0 Å². The number of halogens is 1. The van der Waals surface area contributed by atoms with Crippen LogP contribution in [-0.2, 0) is 9.59 Å². The van der Waals surface area contributed by atoms with Crippen LogP contribution in [0, 0.1) is 0 Å². The van der Waals surface area contributed by atoms with Gasteiger partial charge in [0.05, 0.1) is 0 Å². The van der Waals surface area contributed by atoms with Gasteiger partial charge in [-0.3, -0.25) is 9.59 Å². The molecule has 0 unspecified atom stereocenters. The summed E-state index contributed by atoms with van der Waals surface area (Å²) in [5.41, 5.74) is 0. The Labute approximate surface area is 105 Å². The Morgan fingerprint density at radius 2 is 2.00 bits per heavy atom. The van der Waals surface area contributed by atoms with Crippen molar-refractivity contribution in [1.29, 1.82) is 0 Å². The van der Waals surface area contributed by atoms with Gasteiger partial charge in [0.1, 0.15) is 0 Å². The first-order chi connectivity index (χ1) is 7.67. The second kappa shape index (κ2) is 6.89. The van der Waals surface area contributed by atoms with Crippen LogP contribution in [0.4, 0.5) is 0 Å². The van der Waals surface area contributed by atoms with Crippen molar-refractivity contribution in [3.63, 3.8) is 0 Å². The predicted octanol–water partition coefficient (Wildman–Crippen LogP) is 1.29. The molecule has 1 N–H and O–H groups in total. The van der Waals surface area contributed by atoms with Crippen LogP contribution in [0.3, 0.4) is 0 Å². The summed E-state index contributed by atoms with van der Waals surface area (Å²) in [7, 11) is 0. The topological polar surface area (TPSA) is 49.4 Å². The second-order valence-corrected chi connectivity index (χ2v) is 4.81. The first-order valence-electron chi connectivity index (χ1n) is 5.80. The summed E-state index contributed by atoms with van der Waals surface area (Å²) < 4.78 is 0. The van der Waals surface area contributed by atoms with E-state index in [0.717, 1.165) is 31.3 Å². The molecule has 0 radical (unpaired) electrons. The Balaban J connectivity index is 2.28. The Kier molecular flexibility index (Phi) is 5.80. The van der Waals surface area contributed by atoms with Crippen LogP contribution >= 0.6 is 15.9 Å². The van der Waals surface area contributed by atoms with Gasteiger partial charge in [-0.1, -0.05) is 22.9 Å². The normalized spacial score (nSPS) is 17.2. The lowest BCUT2D eigenvalue weighted by atomic mass is 10.0. The summed E-state index contributed by atoms with van der Waals surface area (Å²) in [6.07, 6.45) is 2.84. The van der Waals surface area contributed by atoms with E-state index in [1.807, 2.05) is 11.8 Å². The fourth-order valence-electron chi connectivity index (χ4n) is 1.84. The van der Waals surface area contributed by atoms with E-state index in [2.05, 4.69) is 21.2 Å². The highest BCUT2D eigenvalue weighted by molar-refractivity contribution is 9.09. The number of alkyl halides is 1. The highest BCUT2D eigenvalue weighted by Crippen LogP contribution is 2.12. The van der Waals surface area contributed by atoms with Crippen molar-refractivity contribution < 1.29 is 9.59 Å². The number of nitrogens with one attached hydrogen (secondary N) is 1. The highest BCUT2D eigenvalue weighted by Gasteiger charge is 2.22. The molecule has 1 fully saturated rings. The van der Waals surface area contributed by atoms with Crippen molar-refractivity contribution >= 4 is 27.7 Å². The van der Waals surface area contributed by atoms with Crippen molar-refractivity contribution in [2.24, 2.45) is 0 Å². The van der Waals surface area contributed by atoms with Crippen LogP contribution in [0.5, 0.6) is 0 Å². The van der Waals surface area contributed by atoms with E-state index in [1.165, 1.54) is 0 Å². The maximum Gasteiger partial charge on any atom is 0.223 e. The molecule has 92 valence electrons. The Bertz CT molecular complexity index is 250. The fraction of sp³-hybridized carbons (Fsp3) is 0.818. The molecule has 0 aromatic carbocycles. The van der Waals surface area contributed by atoms with Crippen molar-refractivity contribution in [3.05, 3.63) is 0 Å². The van der Waals surface area contributed by atoms with Gasteiger partial charge in [-0.15, -0.1) is 0 Å². The minimum Gasteiger partial charge on any atom is -0.353 e. The summed E-state index contributed by atoms with van der Waals surface area (Å²) in [4.78, 5) is 24.7. The van der Waals surface area contributed by atoms with Gasteiger partial charge in [0.25, 0.3) is 0 Å². The van der Waals surface area contributed by atoms with Crippen molar-refractivity contribution in [2.45, 2.75) is 38.6 Å². The van der Waals surface area contributed by atoms with Crippen LogP contribution in [0.15, 0.2) is 0 Å². The first kappa shape index (κ1) is 13.5. The lowest BCUT2D eigenvalue weighted by Crippen LogP contribution is -2.46. The van der Waals surface area contributed by atoms with E-state index in [4.69, 9.17) is 0 Å². The molecule has 2 amide bonds. The number of nitrogens with zero attached hydrogens (tertiary/aromatic N) is 1. The standard InChI is InChI=1S/C11H19BrN2O2/c1-2-10(15)13-9-4-7-14(8-5-9)11(16)3-6-12/h9H,2-8H2,1H3,(H,13,15). The van der Waals surface area contributed by atoms with Gasteiger partial charge in [-0.2, -0.15) is 0 Å². The predicted molar refractivity (Wildman–Crippen MR) is 66.4 cm³/mol. The molecule has 1 aliphatic heterocycles. The minimum absolute atomic E-state index is 0.102. The molecule has 16 heavy (non-hydrogen) atoms. The molecule has 0 saturated carbocycles. The largest absolute Gasteiger partial charge is 0.353 e. The summed E-state index contributed by atoms with van der Waals surface area (Å²) in [5.74, 6) is 0.308. The maximum atomic E-state index is 11.6. The summed E-state index contributed by atoms with van der Waals surface area (Å²) >= 11 is 3.27. The third kappa shape index (κ3) is 4.12. The molecule has 0 bridgehead atoms. The molecule has 4 nitrogen and oxygen atoms in total. The smallest absolute Gasteiger partial charge is 0.223 e. The Hall–Kier alpha value is -0.580. The van der Waals surface area contributed by atoms with E-state index >= 15 is 0 Å². The van der Waals surface area contributed by atoms with E-state index in [1.54, 1.807) is 0 Å². The van der Waals surface area contributed by atoms with E-state index in [9.17, 15) is 9.59 Å². The third-order valence-corrected chi connectivity index (χ3v) is 3.24. The second-order valence-electron chi connectivity index (χ2n) is 4.02. The maximum absolute atomic E-state index is 11.6. The van der Waals surface area contributed by atoms with E-state index < -0.39 is 0 Å². The molecule has 1 heterocycles. The number of carbonyl (C=O) groups is 2. The number of amides is 2. The number of hydrogen-bond donors (Lipinski definition) is 1. The summed E-state index contributed by atoms with van der Waals surface area (Å²) in [6.45, 7) is 3.38. The molecule has 1 aliphatic rings. The summed E-state index contributed by atoms with van der Waals surface area (Å²) in [6, 6.07) is 0.250. The number of carbonyl (C=O) groups excluding carboxylic acids is 2. The van der Waals surface area contributed by atoms with Crippen LogP contribution in [0.2, 0.25) is 0 Å². The fourth-order valence-corrected chi connectivity index (χ4v) is 2.18. The van der Waals surface area contributed by atoms with Crippen LogP contribution in [0.1, 0.15) is 32.6 Å². The average molecular weight is 291 g/mol. The zero-order chi connectivity index (χ0) is 12.0. The number of rotatable bonds is 4. The SMILES string of the molecule is CCC(=O)NC1CCN(C(=O)CCBr)CC1. The average Bonchev–Trinajstić information content (AvgIpc) is 2.30. The highest BCUT2D eigenvalue weighted by atomic mass is 79.9. The molecule has 1 saturated heterocycles. The molecule has 0 spiro atoms. The van der Waals surface area contributed by atoms with Gasteiger partial charge >= 0.3 is 0 Å². The molecule has 0 atom stereocenters. The van der Waals surface area contributed by atoms with Gasteiger partial charge in [-0.05, 0) is 12.8 Å². The molecule has 0 aromatic rings. The van der Waals surface area contributed by atoms with E-state index in [0.29, 0.717) is 12.8 Å². The van der Waals surface area contributed by atoms with Crippen molar-refractivity contribution in [3.8, 4) is 0 Å². The van der Waals surface area contributed by atoms with Gasteiger partial charge in [0.15, 0.2) is 0 Å². The first-order valence-corrected chi connectivity index (χ1v) is 6.92. The quantitative estimate of drug-likeness (QED) is 0.793. The Morgan fingerprint density at radius 1 is 1.38 bits per heavy atom. The molecular formula is C11H19BrN2O2. The zero-order valence-corrected chi connectivity index (χ0v) is 11.3. The third-order valence-electron chi connectivity index (χ3n) is 2.84. The number of piperidine rings is 1. The zero-order valence-electron chi connectivity index (χ0n) is 9.67. The van der Waals surface area contributed by atoms with Crippen molar-refractivity contribution in [1.82, 2.24) is 10.2 Å². The van der Waals surface area contributed by atoms with Gasteiger partial charge in [-0.25, -0.2) is 0 Å². The lowest BCUT2D eigenvalue weighted by Gasteiger charge is -2.32. The van der Waals surface area contributed by atoms with Crippen LogP contribution < -0.4 is 5.32 Å². The minimum atomic E-state index is 0.102. The summed E-state index contributed by atoms with van der Waals surface area (Å²) in [5, 5.41) is 3.69. The molecule has 5 heteroatoms. The van der Waals surface area contributed by atoms with Crippen LogP contribution in [-0.4, -0.2) is 41.2 Å². The van der Waals surface area contributed by atoms with E-state index in [-0.39, 0.29) is 17.9 Å². The monoisotopic (exact) mass is 290 g/mol. The van der Waals surface area contributed by atoms with Crippen molar-refractivity contribution in [2.75, 3.05) is 18.4 Å².